The average Bonchev–Trinajstić information content (AvgIpc) is 2.74. The van der Waals surface area contributed by atoms with Gasteiger partial charge in [-0.05, 0) is 57.2 Å². The molecule has 1 saturated heterocycles. The fourth-order valence-corrected chi connectivity index (χ4v) is 5.06. The van der Waals surface area contributed by atoms with Gasteiger partial charge < -0.3 is 14.8 Å². The van der Waals surface area contributed by atoms with Gasteiger partial charge in [-0.1, -0.05) is 0 Å². The molecular formula is C21H25N3O7S. The molecule has 0 radical (unpaired) electrons. The summed E-state index contributed by atoms with van der Waals surface area (Å²) in [6, 6.07) is 9.58. The van der Waals surface area contributed by atoms with Crippen molar-refractivity contribution in [2.75, 3.05) is 25.0 Å². The fraction of sp³-hybridized carbons (Fsp3) is 0.381. The van der Waals surface area contributed by atoms with Crippen LogP contribution in [0.1, 0.15) is 31.1 Å². The number of nitrogens with zero attached hydrogens (tertiary/aromatic N) is 2. The first-order chi connectivity index (χ1) is 15.1. The molecule has 32 heavy (non-hydrogen) atoms. The Morgan fingerprint density at radius 3 is 2.38 bits per heavy atom. The summed E-state index contributed by atoms with van der Waals surface area (Å²) in [7, 11) is -3.74. The molecule has 2 aromatic rings. The minimum absolute atomic E-state index is 0.0106. The van der Waals surface area contributed by atoms with Crippen molar-refractivity contribution in [1.29, 1.82) is 0 Å². The molecule has 1 fully saturated rings. The molecule has 0 spiro atoms. The van der Waals surface area contributed by atoms with Crippen LogP contribution < -0.4 is 10.1 Å². The number of anilines is 1. The fourth-order valence-electron chi connectivity index (χ4n) is 3.47. The molecule has 1 N–H and O–H groups in total. The number of nitro groups is 1. The average molecular weight is 464 g/mol. The normalized spacial score (nSPS) is 19.3. The highest BCUT2D eigenvalue weighted by Gasteiger charge is 2.32. The zero-order chi connectivity index (χ0) is 23.5. The van der Waals surface area contributed by atoms with E-state index in [0.717, 1.165) is 0 Å². The third kappa shape index (κ3) is 5.23. The lowest BCUT2D eigenvalue weighted by molar-refractivity contribution is -0.384. The molecule has 2 aromatic carbocycles. The number of sulfonamides is 1. The highest BCUT2D eigenvalue weighted by Crippen LogP contribution is 2.30. The Bertz CT molecular complexity index is 1090. The number of benzene rings is 2. The Balaban J connectivity index is 1.78. The summed E-state index contributed by atoms with van der Waals surface area (Å²) in [5.41, 5.74) is -0.133. The van der Waals surface area contributed by atoms with E-state index < -0.39 is 20.9 Å². The quantitative estimate of drug-likeness (QED) is 0.494. The molecular weight excluding hydrogens is 438 g/mol. The predicted molar refractivity (Wildman–Crippen MR) is 117 cm³/mol. The lowest BCUT2D eigenvalue weighted by Gasteiger charge is -2.34. The summed E-state index contributed by atoms with van der Waals surface area (Å²) in [4.78, 5) is 23.4. The number of rotatable bonds is 7. The third-order valence-corrected chi connectivity index (χ3v) is 6.71. The molecule has 1 aliphatic rings. The van der Waals surface area contributed by atoms with Gasteiger partial charge >= 0.3 is 0 Å². The van der Waals surface area contributed by atoms with Crippen molar-refractivity contribution >= 4 is 27.3 Å². The predicted octanol–water partition coefficient (Wildman–Crippen LogP) is 3.04. The third-order valence-electron chi connectivity index (χ3n) is 4.87. The van der Waals surface area contributed by atoms with E-state index in [1.54, 1.807) is 6.92 Å². The molecule has 0 saturated carbocycles. The molecule has 1 amide bonds. The van der Waals surface area contributed by atoms with Crippen molar-refractivity contribution in [3.05, 3.63) is 58.1 Å². The van der Waals surface area contributed by atoms with E-state index in [1.165, 1.54) is 46.8 Å². The first-order valence-electron chi connectivity index (χ1n) is 10.1. The van der Waals surface area contributed by atoms with E-state index in [0.29, 0.717) is 12.4 Å². The number of hydrogen-bond donors (Lipinski definition) is 1. The van der Waals surface area contributed by atoms with Gasteiger partial charge in [0.25, 0.3) is 11.6 Å². The van der Waals surface area contributed by atoms with Crippen molar-refractivity contribution in [2.45, 2.75) is 37.9 Å². The zero-order valence-corrected chi connectivity index (χ0v) is 18.8. The molecule has 2 atom stereocenters. The molecule has 0 aromatic heterocycles. The van der Waals surface area contributed by atoms with Crippen molar-refractivity contribution in [3.8, 4) is 5.75 Å². The van der Waals surface area contributed by atoms with Gasteiger partial charge in [-0.15, -0.1) is 0 Å². The Kier molecular flexibility index (Phi) is 7.12. The maximum Gasteiger partial charge on any atom is 0.296 e. The second-order valence-electron chi connectivity index (χ2n) is 7.43. The molecule has 3 rings (SSSR count). The molecule has 10 nitrogen and oxygen atoms in total. The smallest absolute Gasteiger partial charge is 0.296 e. The van der Waals surface area contributed by atoms with Gasteiger partial charge in [0.15, 0.2) is 0 Å². The van der Waals surface area contributed by atoms with Crippen molar-refractivity contribution in [2.24, 2.45) is 0 Å². The van der Waals surface area contributed by atoms with Gasteiger partial charge in [-0.2, -0.15) is 4.31 Å². The van der Waals surface area contributed by atoms with Gasteiger partial charge in [0.05, 0.1) is 34.7 Å². The number of hydrogen-bond acceptors (Lipinski definition) is 7. The standard InChI is InChI=1S/C21H25N3O7S/c1-4-30-17-7-10-19(20(11-17)24(26)27)22-21(25)16-5-8-18(9-6-16)32(28,29)23-12-14(2)31-15(3)13-23/h5-11,14-15H,4,12-13H2,1-3H3,(H,22,25)/t14-,15-/m1/s1. The van der Waals surface area contributed by atoms with E-state index in [9.17, 15) is 23.3 Å². The Morgan fingerprint density at radius 1 is 1.19 bits per heavy atom. The number of morpholine rings is 1. The summed E-state index contributed by atoms with van der Waals surface area (Å²) in [5, 5.41) is 13.9. The molecule has 1 heterocycles. The molecule has 11 heteroatoms. The van der Waals surface area contributed by atoms with Gasteiger partial charge in [0.2, 0.25) is 10.0 Å². The van der Waals surface area contributed by atoms with Crippen LogP contribution in [0.5, 0.6) is 5.75 Å². The summed E-state index contributed by atoms with van der Waals surface area (Å²) < 4.78 is 38.1. The van der Waals surface area contributed by atoms with Gasteiger partial charge in [0, 0.05) is 18.7 Å². The monoisotopic (exact) mass is 463 g/mol. The Hall–Kier alpha value is -3.02. The highest BCUT2D eigenvalue weighted by molar-refractivity contribution is 7.89. The number of amides is 1. The van der Waals surface area contributed by atoms with Crippen LogP contribution in [-0.2, 0) is 14.8 Å². The van der Waals surface area contributed by atoms with Crippen LogP contribution in [0, 0.1) is 10.1 Å². The molecule has 1 aliphatic heterocycles. The van der Waals surface area contributed by atoms with Gasteiger partial charge in [0.1, 0.15) is 11.4 Å². The Labute approximate surface area is 186 Å². The van der Waals surface area contributed by atoms with E-state index >= 15 is 0 Å². The first-order valence-corrected chi connectivity index (χ1v) is 11.5. The lowest BCUT2D eigenvalue weighted by atomic mass is 10.2. The molecule has 0 aliphatic carbocycles. The number of carbonyl (C=O) groups excluding carboxylic acids is 1. The Morgan fingerprint density at radius 2 is 1.81 bits per heavy atom. The summed E-state index contributed by atoms with van der Waals surface area (Å²) >= 11 is 0. The maximum atomic E-state index is 12.9. The zero-order valence-electron chi connectivity index (χ0n) is 18.0. The van der Waals surface area contributed by atoms with Crippen LogP contribution in [0.15, 0.2) is 47.4 Å². The number of ether oxygens (including phenoxy) is 2. The van der Waals surface area contributed by atoms with Crippen LogP contribution in [0.25, 0.3) is 0 Å². The number of carbonyl (C=O) groups is 1. The van der Waals surface area contributed by atoms with Crippen LogP contribution in [0.3, 0.4) is 0 Å². The largest absolute Gasteiger partial charge is 0.494 e. The van der Waals surface area contributed by atoms with Crippen LogP contribution in [0.4, 0.5) is 11.4 Å². The van der Waals surface area contributed by atoms with E-state index in [2.05, 4.69) is 5.32 Å². The van der Waals surface area contributed by atoms with Crippen LogP contribution in [0.2, 0.25) is 0 Å². The van der Waals surface area contributed by atoms with Crippen molar-refractivity contribution in [3.63, 3.8) is 0 Å². The molecule has 172 valence electrons. The second kappa shape index (κ2) is 9.63. The van der Waals surface area contributed by atoms with Crippen molar-refractivity contribution in [1.82, 2.24) is 4.31 Å². The minimum Gasteiger partial charge on any atom is -0.494 e. The number of nitro benzene ring substituents is 1. The topological polar surface area (TPSA) is 128 Å². The first kappa shape index (κ1) is 23.6. The van der Waals surface area contributed by atoms with Crippen LogP contribution in [-0.4, -0.2) is 55.5 Å². The summed E-state index contributed by atoms with van der Waals surface area (Å²) in [5.74, 6) is -0.284. The van der Waals surface area contributed by atoms with E-state index in [4.69, 9.17) is 9.47 Å². The van der Waals surface area contributed by atoms with E-state index in [1.807, 2.05) is 13.8 Å². The number of nitrogens with one attached hydrogen (secondary N) is 1. The highest BCUT2D eigenvalue weighted by atomic mass is 32.2. The summed E-state index contributed by atoms with van der Waals surface area (Å²) in [6.45, 7) is 6.22. The van der Waals surface area contributed by atoms with Gasteiger partial charge in [-0.25, -0.2) is 8.42 Å². The van der Waals surface area contributed by atoms with Crippen molar-refractivity contribution < 1.29 is 27.6 Å². The molecule has 0 bridgehead atoms. The lowest BCUT2D eigenvalue weighted by Crippen LogP contribution is -2.48. The maximum absolute atomic E-state index is 12.9. The molecule has 0 unspecified atom stereocenters. The van der Waals surface area contributed by atoms with E-state index in [-0.39, 0.29) is 47.1 Å². The van der Waals surface area contributed by atoms with Gasteiger partial charge in [-0.3, -0.25) is 14.9 Å². The summed E-state index contributed by atoms with van der Waals surface area (Å²) in [6.07, 6.45) is -0.438. The second-order valence-corrected chi connectivity index (χ2v) is 9.36. The minimum atomic E-state index is -3.74. The SMILES string of the molecule is CCOc1ccc(NC(=O)c2ccc(S(=O)(=O)N3C[C@@H](C)O[C@H](C)C3)cc2)c([N+](=O)[O-])c1. The van der Waals surface area contributed by atoms with Crippen LogP contribution >= 0.6 is 0 Å².